The maximum atomic E-state index is 13.3. The highest BCUT2D eigenvalue weighted by Crippen LogP contribution is 2.15. The van der Waals surface area contributed by atoms with E-state index in [4.69, 9.17) is 17.0 Å². The molecule has 2 rings (SSSR count). The summed E-state index contributed by atoms with van der Waals surface area (Å²) in [5.41, 5.74) is 0.433. The molecule has 0 aliphatic rings. The molecule has 0 radical (unpaired) electrons. The van der Waals surface area contributed by atoms with Crippen LogP contribution in [0.2, 0.25) is 0 Å². The monoisotopic (exact) mass is 306 g/mol. The lowest BCUT2D eigenvalue weighted by molar-refractivity contribution is 0.0950. The van der Waals surface area contributed by atoms with Crippen LogP contribution in [0.3, 0.4) is 0 Å². The smallest absolute Gasteiger partial charge is 0.254 e. The van der Waals surface area contributed by atoms with Crippen LogP contribution in [0.15, 0.2) is 42.6 Å². The van der Waals surface area contributed by atoms with Crippen molar-refractivity contribution in [3.05, 3.63) is 58.6 Å². The van der Waals surface area contributed by atoms with Crippen LogP contribution in [-0.4, -0.2) is 24.0 Å². The minimum absolute atomic E-state index is 0.217. The van der Waals surface area contributed by atoms with Crippen molar-refractivity contribution in [1.29, 1.82) is 0 Å². The first-order valence-corrected chi connectivity index (χ1v) is 6.92. The fourth-order valence-electron chi connectivity index (χ4n) is 1.71. The van der Waals surface area contributed by atoms with Gasteiger partial charge in [-0.1, -0.05) is 24.4 Å². The molecule has 1 heterocycles. The van der Waals surface area contributed by atoms with E-state index < -0.39 is 5.82 Å². The third kappa shape index (κ3) is 4.39. The van der Waals surface area contributed by atoms with Crippen molar-refractivity contribution >= 4 is 18.1 Å². The molecule has 0 spiro atoms. The SMILES string of the molecule is O=C(NCCCOc1ccccc1F)c1ccc[nH]c1=S. The highest BCUT2D eigenvalue weighted by molar-refractivity contribution is 7.71. The Kier molecular flexibility index (Phi) is 5.45. The van der Waals surface area contributed by atoms with Gasteiger partial charge in [-0.05, 0) is 30.7 Å². The zero-order chi connectivity index (χ0) is 15.1. The zero-order valence-corrected chi connectivity index (χ0v) is 12.1. The Morgan fingerprint density at radius 3 is 2.86 bits per heavy atom. The quantitative estimate of drug-likeness (QED) is 0.637. The van der Waals surface area contributed by atoms with Crippen molar-refractivity contribution in [2.24, 2.45) is 0 Å². The molecule has 110 valence electrons. The summed E-state index contributed by atoms with van der Waals surface area (Å²) in [6.07, 6.45) is 2.24. The van der Waals surface area contributed by atoms with Crippen molar-refractivity contribution < 1.29 is 13.9 Å². The Morgan fingerprint density at radius 1 is 1.29 bits per heavy atom. The lowest BCUT2D eigenvalue weighted by atomic mass is 10.2. The normalized spacial score (nSPS) is 10.1. The molecular weight excluding hydrogens is 291 g/mol. The number of halogens is 1. The first-order chi connectivity index (χ1) is 10.2. The molecule has 0 aliphatic carbocycles. The summed E-state index contributed by atoms with van der Waals surface area (Å²) in [6.45, 7) is 0.750. The number of pyridine rings is 1. The number of hydrogen-bond acceptors (Lipinski definition) is 3. The van der Waals surface area contributed by atoms with Crippen molar-refractivity contribution in [2.75, 3.05) is 13.2 Å². The van der Waals surface area contributed by atoms with Gasteiger partial charge < -0.3 is 15.0 Å². The van der Waals surface area contributed by atoms with E-state index in [1.165, 1.54) is 6.07 Å². The summed E-state index contributed by atoms with van der Waals surface area (Å²) in [4.78, 5) is 14.7. The first kappa shape index (κ1) is 15.2. The van der Waals surface area contributed by atoms with Crippen LogP contribution in [0, 0.1) is 10.5 Å². The number of H-pyrrole nitrogens is 1. The Balaban J connectivity index is 1.73. The van der Waals surface area contributed by atoms with E-state index in [9.17, 15) is 9.18 Å². The molecule has 1 amide bonds. The van der Waals surface area contributed by atoms with Crippen molar-refractivity contribution in [2.45, 2.75) is 6.42 Å². The van der Waals surface area contributed by atoms with Crippen LogP contribution in [0.5, 0.6) is 5.75 Å². The number of carbonyl (C=O) groups is 1. The summed E-state index contributed by atoms with van der Waals surface area (Å²) in [7, 11) is 0. The minimum Gasteiger partial charge on any atom is -0.490 e. The van der Waals surface area contributed by atoms with E-state index in [0.717, 1.165) is 0 Å². The van der Waals surface area contributed by atoms with E-state index in [-0.39, 0.29) is 11.7 Å². The Hall–Kier alpha value is -2.21. The Bertz CT molecular complexity index is 672. The van der Waals surface area contributed by atoms with Gasteiger partial charge in [-0.25, -0.2) is 4.39 Å². The fraction of sp³-hybridized carbons (Fsp3) is 0.200. The molecule has 0 unspecified atom stereocenters. The predicted molar refractivity (Wildman–Crippen MR) is 80.5 cm³/mol. The summed E-state index contributed by atoms with van der Waals surface area (Å²) in [5, 5.41) is 2.74. The lowest BCUT2D eigenvalue weighted by Crippen LogP contribution is -2.26. The number of rotatable bonds is 6. The molecule has 2 N–H and O–H groups in total. The van der Waals surface area contributed by atoms with Gasteiger partial charge in [-0.2, -0.15) is 0 Å². The van der Waals surface area contributed by atoms with Crippen molar-refractivity contribution in [1.82, 2.24) is 10.3 Å². The fourth-order valence-corrected chi connectivity index (χ4v) is 1.94. The van der Waals surface area contributed by atoms with Gasteiger partial charge in [0.15, 0.2) is 11.6 Å². The molecule has 2 aromatic rings. The summed E-state index contributed by atoms with van der Waals surface area (Å²) < 4.78 is 19.0. The molecule has 0 atom stereocenters. The van der Waals surface area contributed by atoms with E-state index in [1.54, 1.807) is 36.5 Å². The van der Waals surface area contributed by atoms with Crippen LogP contribution in [0.4, 0.5) is 4.39 Å². The second-order valence-electron chi connectivity index (χ2n) is 4.30. The molecule has 0 saturated heterocycles. The molecule has 0 bridgehead atoms. The second kappa shape index (κ2) is 7.54. The number of aromatic nitrogens is 1. The molecule has 1 aromatic heterocycles. The summed E-state index contributed by atoms with van der Waals surface area (Å²) >= 11 is 5.03. The summed E-state index contributed by atoms with van der Waals surface area (Å²) in [5.74, 6) is -0.408. The highest BCUT2D eigenvalue weighted by atomic mass is 32.1. The van der Waals surface area contributed by atoms with Crippen LogP contribution >= 0.6 is 12.2 Å². The molecule has 0 saturated carbocycles. The molecular formula is C15H15FN2O2S. The van der Waals surface area contributed by atoms with E-state index in [2.05, 4.69) is 10.3 Å². The zero-order valence-electron chi connectivity index (χ0n) is 11.3. The topological polar surface area (TPSA) is 54.1 Å². The molecule has 1 aromatic carbocycles. The predicted octanol–water partition coefficient (Wildman–Crippen LogP) is 3.08. The molecule has 0 aliphatic heterocycles. The van der Waals surface area contributed by atoms with Crippen LogP contribution < -0.4 is 10.1 Å². The third-order valence-corrected chi connectivity index (χ3v) is 3.10. The van der Waals surface area contributed by atoms with Gasteiger partial charge in [0.25, 0.3) is 5.91 Å². The number of para-hydroxylation sites is 1. The number of ether oxygens (including phenoxy) is 1. The highest BCUT2D eigenvalue weighted by Gasteiger charge is 2.06. The minimum atomic E-state index is -0.392. The molecule has 6 heteroatoms. The van der Waals surface area contributed by atoms with Gasteiger partial charge in [0.1, 0.15) is 4.64 Å². The average Bonchev–Trinajstić information content (AvgIpc) is 2.49. The van der Waals surface area contributed by atoms with Gasteiger partial charge >= 0.3 is 0 Å². The maximum absolute atomic E-state index is 13.3. The van der Waals surface area contributed by atoms with Gasteiger partial charge in [0, 0.05) is 12.7 Å². The average molecular weight is 306 g/mol. The van der Waals surface area contributed by atoms with E-state index in [0.29, 0.717) is 29.8 Å². The van der Waals surface area contributed by atoms with E-state index in [1.807, 2.05) is 0 Å². The van der Waals surface area contributed by atoms with Crippen LogP contribution in [0.25, 0.3) is 0 Å². The van der Waals surface area contributed by atoms with Gasteiger partial charge in [-0.15, -0.1) is 0 Å². The molecule has 4 nitrogen and oxygen atoms in total. The number of nitrogens with one attached hydrogen (secondary N) is 2. The first-order valence-electron chi connectivity index (χ1n) is 6.51. The largest absolute Gasteiger partial charge is 0.490 e. The Morgan fingerprint density at radius 2 is 2.10 bits per heavy atom. The van der Waals surface area contributed by atoms with Crippen molar-refractivity contribution in [3.8, 4) is 5.75 Å². The van der Waals surface area contributed by atoms with Crippen molar-refractivity contribution in [3.63, 3.8) is 0 Å². The number of aromatic amines is 1. The van der Waals surface area contributed by atoms with Gasteiger partial charge in [0.05, 0.1) is 12.2 Å². The lowest BCUT2D eigenvalue weighted by Gasteiger charge is -2.08. The number of hydrogen-bond donors (Lipinski definition) is 2. The molecule has 21 heavy (non-hydrogen) atoms. The Labute approximate surface area is 127 Å². The van der Waals surface area contributed by atoms with Crippen LogP contribution in [0.1, 0.15) is 16.8 Å². The second-order valence-corrected chi connectivity index (χ2v) is 4.71. The van der Waals surface area contributed by atoms with Gasteiger partial charge in [-0.3, -0.25) is 4.79 Å². The molecule has 0 fully saturated rings. The summed E-state index contributed by atoms with van der Waals surface area (Å²) in [6, 6.07) is 9.59. The van der Waals surface area contributed by atoms with Crippen LogP contribution in [-0.2, 0) is 0 Å². The third-order valence-electron chi connectivity index (χ3n) is 2.76. The maximum Gasteiger partial charge on any atom is 0.254 e. The van der Waals surface area contributed by atoms with Gasteiger partial charge in [0.2, 0.25) is 0 Å². The number of amides is 1. The standard InChI is InChI=1S/C15H15FN2O2S/c16-12-6-1-2-7-13(12)20-10-4-9-17-14(19)11-5-3-8-18-15(11)21/h1-3,5-8H,4,9-10H2,(H,17,19)(H,18,21). The number of benzene rings is 1. The number of carbonyl (C=O) groups excluding carboxylic acids is 1. The van der Waals surface area contributed by atoms with E-state index >= 15 is 0 Å².